The lowest BCUT2D eigenvalue weighted by atomic mass is 10.1. The molecule has 0 saturated carbocycles. The average molecular weight is 595 g/mol. The van der Waals surface area contributed by atoms with Crippen molar-refractivity contribution in [1.29, 1.82) is 0 Å². The van der Waals surface area contributed by atoms with E-state index in [9.17, 15) is 22.8 Å². The van der Waals surface area contributed by atoms with Crippen LogP contribution in [-0.4, -0.2) is 52.9 Å². The Morgan fingerprint density at radius 3 is 2.54 bits per heavy atom. The van der Waals surface area contributed by atoms with E-state index >= 15 is 0 Å². The minimum Gasteiger partial charge on any atom is -0.482 e. The van der Waals surface area contributed by atoms with Crippen LogP contribution >= 0.6 is 23.1 Å². The van der Waals surface area contributed by atoms with Crippen LogP contribution in [0.4, 0.5) is 11.4 Å². The van der Waals surface area contributed by atoms with Crippen LogP contribution in [0.1, 0.15) is 26.4 Å². The van der Waals surface area contributed by atoms with Gasteiger partial charge in [-0.25, -0.2) is 23.2 Å². The Kier molecular flexibility index (Phi) is 8.96. The third-order valence-electron chi connectivity index (χ3n) is 5.22. The summed E-state index contributed by atoms with van der Waals surface area (Å²) in [5, 5.41) is 14.0. The first kappa shape index (κ1) is 29.2. The summed E-state index contributed by atoms with van der Waals surface area (Å²) in [7, 11) is 1.25. The Morgan fingerprint density at radius 2 is 1.87 bits per heavy atom. The number of anilines is 2. The molecular weight excluding hydrogens is 575 g/mol. The number of nitrogens with two attached hydrogens (primary N) is 1. The van der Waals surface area contributed by atoms with Crippen molar-refractivity contribution in [2.45, 2.75) is 11.4 Å². The van der Waals surface area contributed by atoms with Gasteiger partial charge in [-0.05, 0) is 42.0 Å². The molecule has 0 unspecified atom stereocenters. The zero-order valence-corrected chi connectivity index (χ0v) is 22.1. The van der Waals surface area contributed by atoms with Crippen molar-refractivity contribution in [2.75, 3.05) is 17.7 Å². The molecule has 16 heteroatoms. The van der Waals surface area contributed by atoms with Gasteiger partial charge in [0.2, 0.25) is 0 Å². The molecule has 6 N–H and O–H groups in total. The second-order valence-corrected chi connectivity index (χ2v) is 10.4. The van der Waals surface area contributed by atoms with E-state index in [0.717, 1.165) is 17.7 Å². The van der Waals surface area contributed by atoms with Crippen LogP contribution in [-0.2, 0) is 20.4 Å². The first-order chi connectivity index (χ1) is 18.0. The number of carboxylic acids is 1. The summed E-state index contributed by atoms with van der Waals surface area (Å²) >= 11 is 0. The van der Waals surface area contributed by atoms with Gasteiger partial charge in [0.25, 0.3) is 20.9 Å². The molecule has 3 heterocycles. The molecule has 4 aromatic rings. The zero-order valence-electron chi connectivity index (χ0n) is 19.7. The number of H-pyrrole nitrogens is 1. The van der Waals surface area contributed by atoms with Crippen molar-refractivity contribution in [3.05, 3.63) is 71.8 Å². The Hall–Kier alpha value is -4.40. The largest absolute Gasteiger partial charge is 0.482 e. The number of rotatable bonds is 5. The number of aromatic carboxylic acids is 1. The van der Waals surface area contributed by atoms with E-state index in [-0.39, 0.29) is 53.5 Å². The summed E-state index contributed by atoms with van der Waals surface area (Å²) in [5.74, 6) is -1.07. The molecule has 2 amide bonds. The van der Waals surface area contributed by atoms with Gasteiger partial charge in [-0.15, -0.1) is 12.4 Å². The number of nitrogens with zero attached hydrogens (tertiary/aromatic N) is 2. The maximum atomic E-state index is 12.4. The molecule has 39 heavy (non-hydrogen) atoms. The Balaban J connectivity index is 0.000000256. The number of ether oxygens (including phenoxy) is 1. The molecule has 0 spiro atoms. The fourth-order valence-electron chi connectivity index (χ4n) is 3.40. The Labute approximate surface area is 231 Å². The smallest absolute Gasteiger partial charge is 0.335 e. The normalized spacial score (nSPS) is 12.1. The van der Waals surface area contributed by atoms with Crippen molar-refractivity contribution >= 4 is 72.3 Å². The molecule has 1 aliphatic heterocycles. The van der Waals surface area contributed by atoms with Gasteiger partial charge in [0, 0.05) is 23.4 Å². The fraction of sp³-hybridized carbons (Fsp3) is 0.0870. The summed E-state index contributed by atoms with van der Waals surface area (Å²) in [4.78, 5) is 45.1. The molecule has 2 aromatic carbocycles. The van der Waals surface area contributed by atoms with E-state index in [4.69, 9.17) is 26.3 Å². The third-order valence-corrected chi connectivity index (χ3v) is 6.59. The summed E-state index contributed by atoms with van der Waals surface area (Å²) in [5.41, 5.74) is 8.88. The number of aromatic nitrogens is 3. The van der Waals surface area contributed by atoms with Gasteiger partial charge in [0.05, 0.1) is 27.4 Å². The minimum absolute atomic E-state index is 0. The second-order valence-electron chi connectivity index (χ2n) is 7.81. The number of carbonyl (C=O) groups excluding carboxylic acids is 2. The van der Waals surface area contributed by atoms with Crippen LogP contribution in [0.15, 0.2) is 59.9 Å². The first-order valence-corrected chi connectivity index (χ1v) is 13.0. The predicted octanol–water partition coefficient (Wildman–Crippen LogP) is 2.54. The van der Waals surface area contributed by atoms with Gasteiger partial charge < -0.3 is 31.2 Å². The summed E-state index contributed by atoms with van der Waals surface area (Å²) < 4.78 is 26.8. The highest BCUT2D eigenvalue weighted by Gasteiger charge is 2.18. The van der Waals surface area contributed by atoms with Crippen LogP contribution in [0.2, 0.25) is 0 Å². The summed E-state index contributed by atoms with van der Waals surface area (Å²) in [6, 6.07) is 9.98. The number of nitrogen functional groups attached to an aromatic ring is 1. The standard InChI is InChI=1S/C16H14N6O3.C7H5ClO4S.ClH/c17-9-5-18-14-13(9)20-7-21-15(14)16(24)19-4-8-1-2-11-10(3-8)22-12(23)6-25-11;8-13(11,12)6-3-1-5(2-4-6)7(9)10;/h1-3,5,7,18H,4,6,17H2,(H,19,24)(H,22,23);1-4H,(H,9,10);1H. The molecular formula is C23H20Cl2N6O7S. The molecule has 0 atom stereocenters. The number of hydrogen-bond donors (Lipinski definition) is 5. The van der Waals surface area contributed by atoms with E-state index in [1.807, 2.05) is 6.07 Å². The van der Waals surface area contributed by atoms with Crippen LogP contribution in [0.25, 0.3) is 11.0 Å². The number of amides is 2. The lowest BCUT2D eigenvalue weighted by molar-refractivity contribution is -0.118. The number of carboxylic acid groups (broad SMARTS) is 1. The number of fused-ring (bicyclic) bond motifs is 2. The number of hydrogen-bond acceptors (Lipinski definition) is 9. The van der Waals surface area contributed by atoms with Gasteiger partial charge in [0.1, 0.15) is 17.6 Å². The maximum Gasteiger partial charge on any atom is 0.335 e. The maximum absolute atomic E-state index is 12.4. The molecule has 0 bridgehead atoms. The van der Waals surface area contributed by atoms with Crippen LogP contribution in [0, 0.1) is 0 Å². The SMILES string of the molecule is Cl.Nc1c[nH]c2c(C(=O)NCc3ccc4c(c3)NC(=O)CO4)ncnc12.O=C(O)c1ccc(S(=O)(=O)Cl)cc1. The topological polar surface area (TPSA) is 206 Å². The summed E-state index contributed by atoms with van der Waals surface area (Å²) in [6.07, 6.45) is 2.87. The molecule has 0 radical (unpaired) electrons. The molecule has 13 nitrogen and oxygen atoms in total. The van der Waals surface area contributed by atoms with Crippen molar-refractivity contribution in [2.24, 2.45) is 0 Å². The number of benzene rings is 2. The van der Waals surface area contributed by atoms with E-state index < -0.39 is 15.0 Å². The molecule has 204 valence electrons. The molecule has 5 rings (SSSR count). The van der Waals surface area contributed by atoms with E-state index in [2.05, 4.69) is 25.6 Å². The van der Waals surface area contributed by atoms with E-state index in [1.54, 1.807) is 18.3 Å². The predicted molar refractivity (Wildman–Crippen MR) is 144 cm³/mol. The lowest BCUT2D eigenvalue weighted by Gasteiger charge is -2.18. The number of aromatic amines is 1. The number of carbonyl (C=O) groups is 3. The highest BCUT2D eigenvalue weighted by molar-refractivity contribution is 8.13. The van der Waals surface area contributed by atoms with Crippen molar-refractivity contribution < 1.29 is 32.6 Å². The zero-order chi connectivity index (χ0) is 27.4. The van der Waals surface area contributed by atoms with Crippen LogP contribution in [0.5, 0.6) is 5.75 Å². The highest BCUT2D eigenvalue weighted by Crippen LogP contribution is 2.28. The van der Waals surface area contributed by atoms with Gasteiger partial charge >= 0.3 is 5.97 Å². The molecule has 2 aromatic heterocycles. The quantitative estimate of drug-likeness (QED) is 0.213. The van der Waals surface area contributed by atoms with Gasteiger partial charge in [0.15, 0.2) is 12.3 Å². The van der Waals surface area contributed by atoms with Crippen molar-refractivity contribution in [1.82, 2.24) is 20.3 Å². The molecule has 0 aliphatic carbocycles. The Bertz CT molecular complexity index is 1660. The first-order valence-electron chi connectivity index (χ1n) is 10.7. The highest BCUT2D eigenvalue weighted by atomic mass is 35.7. The Morgan fingerprint density at radius 1 is 1.15 bits per heavy atom. The van der Waals surface area contributed by atoms with E-state index in [1.165, 1.54) is 18.5 Å². The molecule has 0 saturated heterocycles. The fourth-order valence-corrected chi connectivity index (χ4v) is 4.17. The molecule has 0 fully saturated rings. The second kappa shape index (κ2) is 12.0. The van der Waals surface area contributed by atoms with Crippen LogP contribution < -0.4 is 21.1 Å². The lowest BCUT2D eigenvalue weighted by Crippen LogP contribution is -2.26. The van der Waals surface area contributed by atoms with Gasteiger partial charge in [-0.2, -0.15) is 0 Å². The monoisotopic (exact) mass is 594 g/mol. The van der Waals surface area contributed by atoms with Crippen molar-refractivity contribution in [3.63, 3.8) is 0 Å². The van der Waals surface area contributed by atoms with Gasteiger partial charge in [-0.1, -0.05) is 6.07 Å². The van der Waals surface area contributed by atoms with Crippen molar-refractivity contribution in [3.8, 4) is 5.75 Å². The summed E-state index contributed by atoms with van der Waals surface area (Å²) in [6.45, 7) is 0.274. The number of nitrogens with one attached hydrogen (secondary N) is 3. The average Bonchev–Trinajstić information content (AvgIpc) is 3.27. The number of halogens is 2. The van der Waals surface area contributed by atoms with Gasteiger partial charge in [-0.3, -0.25) is 9.59 Å². The molecule has 1 aliphatic rings. The third kappa shape index (κ3) is 6.93. The minimum atomic E-state index is -3.77. The van der Waals surface area contributed by atoms with Crippen LogP contribution in [0.3, 0.4) is 0 Å². The van der Waals surface area contributed by atoms with E-state index in [0.29, 0.717) is 28.2 Å².